The summed E-state index contributed by atoms with van der Waals surface area (Å²) in [6, 6.07) is 9.23. The molecule has 0 aliphatic heterocycles. The third-order valence-electron chi connectivity index (χ3n) is 5.39. The minimum Gasteiger partial charge on any atom is -0.508 e. The van der Waals surface area contributed by atoms with Gasteiger partial charge < -0.3 is 39.5 Å². The van der Waals surface area contributed by atoms with Gasteiger partial charge in [0.15, 0.2) is 0 Å². The molecule has 0 spiro atoms. The van der Waals surface area contributed by atoms with Gasteiger partial charge in [-0.3, -0.25) is 0 Å². The predicted molar refractivity (Wildman–Crippen MR) is 119 cm³/mol. The van der Waals surface area contributed by atoms with Gasteiger partial charge in [0.05, 0.1) is 10.8 Å². The maximum Gasteiger partial charge on any atom is 0.348 e. The van der Waals surface area contributed by atoms with E-state index >= 15 is 0 Å². The highest BCUT2D eigenvalue weighted by Gasteiger charge is 2.29. The first-order chi connectivity index (χ1) is 16.2. The average molecular weight is 462 g/mol. The zero-order chi connectivity index (χ0) is 24.3. The Bertz CT molecular complexity index is 1630. The number of fused-ring (bicyclic) bond motifs is 2. The van der Waals surface area contributed by atoms with Crippen LogP contribution in [0.5, 0.6) is 34.5 Å². The fourth-order valence-electron chi connectivity index (χ4n) is 3.87. The van der Waals surface area contributed by atoms with E-state index in [0.29, 0.717) is 0 Å². The summed E-state index contributed by atoms with van der Waals surface area (Å²) in [5, 5.41) is 62.3. The van der Waals surface area contributed by atoms with Crippen LogP contribution in [0.4, 0.5) is 0 Å². The van der Waals surface area contributed by atoms with Gasteiger partial charge in [0, 0.05) is 23.3 Å². The molecule has 34 heavy (non-hydrogen) atoms. The van der Waals surface area contributed by atoms with Crippen molar-refractivity contribution in [2.75, 3.05) is 0 Å². The molecule has 0 radical (unpaired) electrons. The highest BCUT2D eigenvalue weighted by molar-refractivity contribution is 6.01. The Kier molecular flexibility index (Phi) is 4.40. The number of phenols is 4. The molecule has 3 aromatic carbocycles. The van der Waals surface area contributed by atoms with E-state index in [1.54, 1.807) is 0 Å². The first-order valence-corrected chi connectivity index (χ1v) is 9.70. The molecule has 0 atom stereocenters. The van der Waals surface area contributed by atoms with Crippen LogP contribution in [0.2, 0.25) is 0 Å². The molecule has 6 N–H and O–H groups in total. The standard InChI is InChI=1S/C24H14O10/c25-9-1-3-11-15(7-9)33-23(31)19(21(11)29)17-13(27)5-6-14(28)18(17)20-22(30)12-4-2-10(26)8-16(12)34-24(20)32/h1-8,25-30H. The number of hydrogen-bond donors (Lipinski definition) is 6. The SMILES string of the molecule is O=c1oc2cc(O)ccc2c(O)c1-c1c(O)ccc(O)c1-c1c(O)c2ccc(O)cc2oc1=O. The molecule has 0 unspecified atom stereocenters. The topological polar surface area (TPSA) is 182 Å². The van der Waals surface area contributed by atoms with Gasteiger partial charge in [0.1, 0.15) is 56.8 Å². The Hall–Kier alpha value is -5.12. The Morgan fingerprint density at radius 1 is 0.500 bits per heavy atom. The van der Waals surface area contributed by atoms with Crippen molar-refractivity contribution in [3.05, 3.63) is 69.4 Å². The lowest BCUT2D eigenvalue weighted by Gasteiger charge is -2.15. The Labute approximate surface area is 188 Å². The zero-order valence-corrected chi connectivity index (χ0v) is 16.9. The normalized spacial score (nSPS) is 11.3. The fraction of sp³-hybridized carbons (Fsp3) is 0. The molecule has 0 saturated heterocycles. The first-order valence-electron chi connectivity index (χ1n) is 9.70. The lowest BCUT2D eigenvalue weighted by molar-refractivity contribution is 0.452. The maximum atomic E-state index is 12.8. The fourth-order valence-corrected chi connectivity index (χ4v) is 3.87. The van der Waals surface area contributed by atoms with E-state index in [2.05, 4.69) is 0 Å². The molecular weight excluding hydrogens is 448 g/mol. The Morgan fingerprint density at radius 2 is 0.882 bits per heavy atom. The lowest BCUT2D eigenvalue weighted by Crippen LogP contribution is -2.08. The monoisotopic (exact) mass is 462 g/mol. The average Bonchev–Trinajstić information content (AvgIpc) is 2.77. The van der Waals surface area contributed by atoms with Crippen molar-refractivity contribution in [3.63, 3.8) is 0 Å². The molecule has 0 aliphatic carbocycles. The van der Waals surface area contributed by atoms with Crippen LogP contribution in [-0.4, -0.2) is 30.6 Å². The molecule has 0 fully saturated rings. The minimum atomic E-state index is -1.16. The van der Waals surface area contributed by atoms with Crippen molar-refractivity contribution in [3.8, 4) is 56.8 Å². The Morgan fingerprint density at radius 3 is 1.26 bits per heavy atom. The highest BCUT2D eigenvalue weighted by atomic mass is 16.4. The number of hydrogen-bond acceptors (Lipinski definition) is 10. The van der Waals surface area contributed by atoms with Crippen LogP contribution in [0.3, 0.4) is 0 Å². The van der Waals surface area contributed by atoms with Crippen molar-refractivity contribution >= 4 is 21.9 Å². The molecule has 0 amide bonds. The van der Waals surface area contributed by atoms with Crippen LogP contribution in [0, 0.1) is 0 Å². The number of phenolic OH excluding ortho intramolecular Hbond substituents is 4. The molecule has 170 valence electrons. The maximum absolute atomic E-state index is 12.8. The minimum absolute atomic E-state index is 0.00802. The van der Waals surface area contributed by atoms with E-state index in [-0.39, 0.29) is 33.4 Å². The molecule has 10 nitrogen and oxygen atoms in total. The van der Waals surface area contributed by atoms with Crippen LogP contribution in [-0.2, 0) is 0 Å². The van der Waals surface area contributed by atoms with E-state index in [1.165, 1.54) is 24.3 Å². The summed E-state index contributed by atoms with van der Waals surface area (Å²) >= 11 is 0. The summed E-state index contributed by atoms with van der Waals surface area (Å²) < 4.78 is 10.4. The molecule has 5 rings (SSSR count). The Balaban J connectivity index is 1.93. The first kappa shape index (κ1) is 20.8. The smallest absolute Gasteiger partial charge is 0.348 e. The number of benzene rings is 3. The van der Waals surface area contributed by atoms with Gasteiger partial charge >= 0.3 is 11.3 Å². The van der Waals surface area contributed by atoms with Crippen LogP contribution >= 0.6 is 0 Å². The summed E-state index contributed by atoms with van der Waals surface area (Å²) in [4.78, 5) is 25.7. The summed E-state index contributed by atoms with van der Waals surface area (Å²) in [5.41, 5.74) is -4.83. The van der Waals surface area contributed by atoms with Crippen molar-refractivity contribution in [2.45, 2.75) is 0 Å². The lowest BCUT2D eigenvalue weighted by atomic mass is 9.92. The third-order valence-corrected chi connectivity index (χ3v) is 5.39. The van der Waals surface area contributed by atoms with Gasteiger partial charge in [0.25, 0.3) is 0 Å². The third kappa shape index (κ3) is 2.97. The van der Waals surface area contributed by atoms with E-state index in [1.807, 2.05) is 0 Å². The summed E-state index contributed by atoms with van der Waals surface area (Å²) in [6.07, 6.45) is 0. The number of rotatable bonds is 2. The molecular formula is C24H14O10. The van der Waals surface area contributed by atoms with Crippen LogP contribution in [0.1, 0.15) is 0 Å². The van der Waals surface area contributed by atoms with Crippen molar-refractivity contribution in [1.29, 1.82) is 0 Å². The molecule has 0 aliphatic rings. The molecule has 0 saturated carbocycles. The van der Waals surface area contributed by atoms with Gasteiger partial charge in [-0.2, -0.15) is 0 Å². The van der Waals surface area contributed by atoms with Crippen LogP contribution < -0.4 is 11.3 Å². The van der Waals surface area contributed by atoms with Crippen LogP contribution in [0.25, 0.3) is 44.2 Å². The molecule has 5 aromatic rings. The molecule has 0 bridgehead atoms. The van der Waals surface area contributed by atoms with Crippen molar-refractivity contribution in [1.82, 2.24) is 0 Å². The second kappa shape index (κ2) is 7.20. The molecule has 2 heterocycles. The van der Waals surface area contributed by atoms with E-state index in [4.69, 9.17) is 8.83 Å². The van der Waals surface area contributed by atoms with Gasteiger partial charge in [-0.25, -0.2) is 9.59 Å². The highest BCUT2D eigenvalue weighted by Crippen LogP contribution is 2.49. The van der Waals surface area contributed by atoms with E-state index < -0.39 is 56.5 Å². The van der Waals surface area contributed by atoms with Gasteiger partial charge in [0.2, 0.25) is 0 Å². The molecule has 10 heteroatoms. The van der Waals surface area contributed by atoms with Gasteiger partial charge in [-0.05, 0) is 36.4 Å². The van der Waals surface area contributed by atoms with Crippen molar-refractivity contribution in [2.24, 2.45) is 0 Å². The van der Waals surface area contributed by atoms with E-state index in [0.717, 1.165) is 24.3 Å². The van der Waals surface area contributed by atoms with Crippen LogP contribution in [0.15, 0.2) is 67.0 Å². The predicted octanol–water partition coefficient (Wildman–Crippen LogP) is 3.47. The quantitative estimate of drug-likeness (QED) is 0.168. The summed E-state index contributed by atoms with van der Waals surface area (Å²) in [6.45, 7) is 0. The second-order valence-corrected chi connectivity index (χ2v) is 7.44. The van der Waals surface area contributed by atoms with Crippen molar-refractivity contribution < 1.29 is 39.5 Å². The van der Waals surface area contributed by atoms with Gasteiger partial charge in [-0.15, -0.1) is 0 Å². The zero-order valence-electron chi connectivity index (χ0n) is 16.9. The largest absolute Gasteiger partial charge is 0.508 e. The second-order valence-electron chi connectivity index (χ2n) is 7.44. The van der Waals surface area contributed by atoms with E-state index in [9.17, 15) is 40.2 Å². The summed E-state index contributed by atoms with van der Waals surface area (Å²) in [5.74, 6) is -3.04. The summed E-state index contributed by atoms with van der Waals surface area (Å²) in [7, 11) is 0. The van der Waals surface area contributed by atoms with Gasteiger partial charge in [-0.1, -0.05) is 0 Å². The molecule has 2 aromatic heterocycles. The number of aromatic hydroxyl groups is 6.